The predicted octanol–water partition coefficient (Wildman–Crippen LogP) is 0.848. The van der Waals surface area contributed by atoms with E-state index >= 15 is 0 Å². The Labute approximate surface area is 115 Å². The summed E-state index contributed by atoms with van der Waals surface area (Å²) in [5, 5.41) is 8.43. The highest BCUT2D eigenvalue weighted by atomic mass is 16.5. The predicted molar refractivity (Wildman–Crippen MR) is 69.5 cm³/mol. The quantitative estimate of drug-likeness (QED) is 0.773. The highest BCUT2D eigenvalue weighted by Crippen LogP contribution is 2.19. The number of carbonyl (C=O) groups excluding carboxylic acids is 2. The number of aromatic nitrogens is 3. The third-order valence-electron chi connectivity index (χ3n) is 3.07. The second-order valence-corrected chi connectivity index (χ2v) is 4.35. The Balaban J connectivity index is 2.66. The zero-order valence-corrected chi connectivity index (χ0v) is 11.8. The first-order chi connectivity index (χ1) is 9.47. The summed E-state index contributed by atoms with van der Waals surface area (Å²) in [6, 6.07) is 1.79. The van der Waals surface area contributed by atoms with Crippen LogP contribution in [0.2, 0.25) is 0 Å². The van der Waals surface area contributed by atoms with E-state index in [4.69, 9.17) is 4.74 Å². The van der Waals surface area contributed by atoms with Crippen LogP contribution in [-0.2, 0) is 20.7 Å². The Bertz CT molecular complexity index is 690. The molecule has 2 rings (SSSR count). The van der Waals surface area contributed by atoms with Gasteiger partial charge in [-0.05, 0) is 25.5 Å². The lowest BCUT2D eigenvalue weighted by atomic mass is 10.1. The van der Waals surface area contributed by atoms with E-state index in [1.165, 1.54) is 18.8 Å². The van der Waals surface area contributed by atoms with Gasteiger partial charge in [-0.3, -0.25) is 4.79 Å². The number of nitrogens with zero attached hydrogens (tertiary/aromatic N) is 3. The van der Waals surface area contributed by atoms with Crippen LogP contribution in [-0.4, -0.2) is 41.0 Å². The summed E-state index contributed by atoms with van der Waals surface area (Å²) in [6.07, 6.45) is -0.109. The van der Waals surface area contributed by atoms with Gasteiger partial charge < -0.3 is 9.47 Å². The van der Waals surface area contributed by atoms with Crippen LogP contribution in [0.1, 0.15) is 27.3 Å². The number of hydrogen-bond acceptors (Lipinski definition) is 6. The number of carbonyl (C=O) groups is 2. The number of methoxy groups -OCH3 is 2. The second-order valence-electron chi connectivity index (χ2n) is 4.35. The normalized spacial score (nSPS) is 10.6. The second kappa shape index (κ2) is 5.28. The fourth-order valence-electron chi connectivity index (χ4n) is 1.86. The topological polar surface area (TPSA) is 82.8 Å². The Morgan fingerprint density at radius 1 is 1.20 bits per heavy atom. The summed E-state index contributed by atoms with van der Waals surface area (Å²) < 4.78 is 10.7. The van der Waals surface area contributed by atoms with Crippen LogP contribution < -0.4 is 0 Å². The van der Waals surface area contributed by atoms with E-state index in [1.54, 1.807) is 6.07 Å². The van der Waals surface area contributed by atoms with Gasteiger partial charge in [0.2, 0.25) is 0 Å². The van der Waals surface area contributed by atoms with Gasteiger partial charge in [-0.25, -0.2) is 4.79 Å². The van der Waals surface area contributed by atoms with Crippen LogP contribution in [0.15, 0.2) is 6.07 Å². The van der Waals surface area contributed by atoms with Crippen molar-refractivity contribution in [3.8, 4) is 0 Å². The first-order valence-corrected chi connectivity index (χ1v) is 5.99. The molecule has 2 heterocycles. The standard InChI is InChI=1S/C13H15N3O4/c1-7-5-10-12(13(18)20-4)9(6-11(17)19-3)15-16(10)14-8(7)2/h5H,6H2,1-4H3. The van der Waals surface area contributed by atoms with Crippen molar-refractivity contribution in [2.24, 2.45) is 0 Å². The number of esters is 2. The molecule has 0 spiro atoms. The molecule has 0 unspecified atom stereocenters. The lowest BCUT2D eigenvalue weighted by molar-refractivity contribution is -0.139. The molecular weight excluding hydrogens is 262 g/mol. The van der Waals surface area contributed by atoms with Crippen LogP contribution >= 0.6 is 0 Å². The van der Waals surface area contributed by atoms with Crippen LogP contribution in [0.5, 0.6) is 0 Å². The maximum absolute atomic E-state index is 11.9. The summed E-state index contributed by atoms with van der Waals surface area (Å²) in [7, 11) is 2.56. The van der Waals surface area contributed by atoms with E-state index in [0.717, 1.165) is 11.3 Å². The van der Waals surface area contributed by atoms with Gasteiger partial charge in [0.05, 0.1) is 32.0 Å². The lowest BCUT2D eigenvalue weighted by Gasteiger charge is -2.02. The molecule has 0 saturated heterocycles. The van der Waals surface area contributed by atoms with Crippen LogP contribution in [0.25, 0.3) is 5.52 Å². The number of rotatable bonds is 3. The maximum atomic E-state index is 11.9. The summed E-state index contributed by atoms with van der Waals surface area (Å²) in [4.78, 5) is 23.3. The molecule has 7 heteroatoms. The molecule has 0 bridgehead atoms. The average Bonchev–Trinajstić information content (AvgIpc) is 2.75. The summed E-state index contributed by atoms with van der Waals surface area (Å²) in [6.45, 7) is 3.73. The highest BCUT2D eigenvalue weighted by molar-refractivity contribution is 5.99. The summed E-state index contributed by atoms with van der Waals surface area (Å²) in [5.74, 6) is -1.03. The van der Waals surface area contributed by atoms with E-state index < -0.39 is 11.9 Å². The molecule has 106 valence electrons. The zero-order chi connectivity index (χ0) is 14.9. The molecule has 0 aromatic carbocycles. The molecule has 0 aliphatic rings. The van der Waals surface area contributed by atoms with Crippen molar-refractivity contribution in [1.82, 2.24) is 14.8 Å². The Morgan fingerprint density at radius 2 is 1.90 bits per heavy atom. The third-order valence-corrected chi connectivity index (χ3v) is 3.07. The molecule has 20 heavy (non-hydrogen) atoms. The van der Waals surface area contributed by atoms with Crippen LogP contribution in [0, 0.1) is 13.8 Å². The minimum absolute atomic E-state index is 0.109. The molecule has 0 fully saturated rings. The van der Waals surface area contributed by atoms with Gasteiger partial charge in [0.1, 0.15) is 11.1 Å². The first kappa shape index (κ1) is 14.0. The number of aryl methyl sites for hydroxylation is 2. The molecule has 2 aromatic heterocycles. The van der Waals surface area contributed by atoms with Crippen LogP contribution in [0.4, 0.5) is 0 Å². The fourth-order valence-corrected chi connectivity index (χ4v) is 1.86. The van der Waals surface area contributed by atoms with E-state index in [0.29, 0.717) is 11.2 Å². The van der Waals surface area contributed by atoms with Crippen molar-refractivity contribution in [3.05, 3.63) is 28.6 Å². The first-order valence-electron chi connectivity index (χ1n) is 5.99. The van der Waals surface area contributed by atoms with Crippen LogP contribution in [0.3, 0.4) is 0 Å². The third kappa shape index (κ3) is 2.34. The number of ether oxygens (including phenoxy) is 2. The fraction of sp³-hybridized carbons (Fsp3) is 0.385. The molecule has 0 atom stereocenters. The summed E-state index contributed by atoms with van der Waals surface area (Å²) >= 11 is 0. The molecule has 0 saturated carbocycles. The van der Waals surface area contributed by atoms with Gasteiger partial charge in [-0.2, -0.15) is 14.8 Å². The van der Waals surface area contributed by atoms with E-state index in [2.05, 4.69) is 14.9 Å². The molecule has 0 aliphatic heterocycles. The van der Waals surface area contributed by atoms with Gasteiger partial charge >= 0.3 is 11.9 Å². The monoisotopic (exact) mass is 277 g/mol. The Morgan fingerprint density at radius 3 is 2.50 bits per heavy atom. The minimum Gasteiger partial charge on any atom is -0.469 e. The summed E-state index contributed by atoms with van der Waals surface area (Å²) in [5.41, 5.74) is 2.77. The van der Waals surface area contributed by atoms with Crippen molar-refractivity contribution in [2.75, 3.05) is 14.2 Å². The van der Waals surface area contributed by atoms with Crippen molar-refractivity contribution < 1.29 is 19.1 Å². The SMILES string of the molecule is COC(=O)Cc1nn2nc(C)c(C)cc2c1C(=O)OC. The maximum Gasteiger partial charge on any atom is 0.342 e. The largest absolute Gasteiger partial charge is 0.469 e. The van der Waals surface area contributed by atoms with Crippen molar-refractivity contribution >= 4 is 17.5 Å². The Kier molecular flexibility index (Phi) is 3.69. The van der Waals surface area contributed by atoms with Crippen molar-refractivity contribution in [2.45, 2.75) is 20.3 Å². The van der Waals surface area contributed by atoms with Crippen molar-refractivity contribution in [3.63, 3.8) is 0 Å². The number of hydrogen-bond donors (Lipinski definition) is 0. The van der Waals surface area contributed by atoms with E-state index in [9.17, 15) is 9.59 Å². The molecular formula is C13H15N3O4. The van der Waals surface area contributed by atoms with Gasteiger partial charge in [-0.15, -0.1) is 0 Å². The molecule has 0 radical (unpaired) electrons. The van der Waals surface area contributed by atoms with Gasteiger partial charge in [0.15, 0.2) is 0 Å². The van der Waals surface area contributed by atoms with Gasteiger partial charge in [-0.1, -0.05) is 0 Å². The highest BCUT2D eigenvalue weighted by Gasteiger charge is 2.23. The molecule has 0 amide bonds. The van der Waals surface area contributed by atoms with Gasteiger partial charge in [0, 0.05) is 0 Å². The minimum atomic E-state index is -0.552. The molecule has 0 aliphatic carbocycles. The van der Waals surface area contributed by atoms with Gasteiger partial charge in [0.25, 0.3) is 0 Å². The number of fused-ring (bicyclic) bond motifs is 1. The average molecular weight is 277 g/mol. The zero-order valence-electron chi connectivity index (χ0n) is 11.8. The van der Waals surface area contributed by atoms with E-state index in [1.807, 2.05) is 13.8 Å². The smallest absolute Gasteiger partial charge is 0.342 e. The van der Waals surface area contributed by atoms with E-state index in [-0.39, 0.29) is 12.0 Å². The Hall–Kier alpha value is -2.44. The molecule has 2 aromatic rings. The molecule has 0 N–H and O–H groups in total. The lowest BCUT2D eigenvalue weighted by Crippen LogP contribution is -2.10. The molecule has 7 nitrogen and oxygen atoms in total. The van der Waals surface area contributed by atoms with Crippen molar-refractivity contribution in [1.29, 1.82) is 0 Å².